The third-order valence-corrected chi connectivity index (χ3v) is 3.87. The monoisotopic (exact) mass is 280 g/mol. The van der Waals surface area contributed by atoms with Gasteiger partial charge in [0.25, 0.3) is 5.91 Å². The normalized spacial score (nSPS) is 10.4. The Kier molecular flexibility index (Phi) is 3.68. The van der Waals surface area contributed by atoms with Gasteiger partial charge in [0.05, 0.1) is 21.4 Å². The lowest BCUT2D eigenvalue weighted by atomic mass is 10.2. The summed E-state index contributed by atoms with van der Waals surface area (Å²) in [4.78, 5) is 16.9. The molecule has 0 aliphatic heterocycles. The lowest BCUT2D eigenvalue weighted by molar-refractivity contribution is 0.103. The summed E-state index contributed by atoms with van der Waals surface area (Å²) >= 11 is 7.46. The number of halogens is 1. The molecule has 2 aromatic rings. The van der Waals surface area contributed by atoms with Crippen LogP contribution < -0.4 is 5.32 Å². The van der Waals surface area contributed by atoms with E-state index < -0.39 is 0 Å². The van der Waals surface area contributed by atoms with Crippen molar-refractivity contribution in [1.82, 2.24) is 4.98 Å². The molecule has 0 saturated carbocycles. The van der Waals surface area contributed by atoms with Crippen molar-refractivity contribution in [3.8, 4) is 0 Å². The highest BCUT2D eigenvalue weighted by atomic mass is 35.5. The molecule has 3 nitrogen and oxygen atoms in total. The summed E-state index contributed by atoms with van der Waals surface area (Å²) in [6, 6.07) is 5.53. The minimum Gasteiger partial charge on any atom is -0.320 e. The highest BCUT2D eigenvalue weighted by Gasteiger charge is 2.14. The number of nitrogens with zero attached hydrogens (tertiary/aromatic N) is 1. The topological polar surface area (TPSA) is 42.0 Å². The largest absolute Gasteiger partial charge is 0.320 e. The number of carbonyl (C=O) groups is 1. The molecule has 0 aliphatic carbocycles. The second-order valence-corrected chi connectivity index (χ2v) is 5.70. The highest BCUT2D eigenvalue weighted by Crippen LogP contribution is 2.25. The van der Waals surface area contributed by atoms with E-state index in [-0.39, 0.29) is 5.91 Å². The van der Waals surface area contributed by atoms with Gasteiger partial charge in [-0.25, -0.2) is 4.98 Å². The SMILES string of the molecule is Cc1ccc(NC(=O)c2sc(C)nc2C)c(Cl)c1. The number of hydrogen-bond donors (Lipinski definition) is 1. The van der Waals surface area contributed by atoms with Crippen molar-refractivity contribution < 1.29 is 4.79 Å². The molecule has 0 radical (unpaired) electrons. The molecular weight excluding hydrogens is 268 g/mol. The van der Waals surface area contributed by atoms with Gasteiger partial charge in [0.2, 0.25) is 0 Å². The van der Waals surface area contributed by atoms with Crippen molar-refractivity contribution in [2.75, 3.05) is 5.32 Å². The summed E-state index contributed by atoms with van der Waals surface area (Å²) in [5.74, 6) is -0.163. The van der Waals surface area contributed by atoms with E-state index in [0.29, 0.717) is 15.6 Å². The van der Waals surface area contributed by atoms with Crippen LogP contribution in [0.4, 0.5) is 5.69 Å². The number of rotatable bonds is 2. The Bertz CT molecular complexity index is 607. The molecule has 0 atom stereocenters. The zero-order valence-electron chi connectivity index (χ0n) is 10.4. The summed E-state index contributed by atoms with van der Waals surface area (Å²) in [5, 5.41) is 4.23. The molecule has 1 aromatic carbocycles. The fraction of sp³-hybridized carbons (Fsp3) is 0.231. The van der Waals surface area contributed by atoms with Gasteiger partial charge in [-0.1, -0.05) is 17.7 Å². The first kappa shape index (κ1) is 13.1. The predicted octanol–water partition coefficient (Wildman–Crippen LogP) is 3.97. The van der Waals surface area contributed by atoms with Crippen LogP contribution in [0.15, 0.2) is 18.2 Å². The first-order valence-electron chi connectivity index (χ1n) is 5.49. The molecule has 1 N–H and O–H groups in total. The molecular formula is C13H13ClN2OS. The minimum atomic E-state index is -0.163. The summed E-state index contributed by atoms with van der Waals surface area (Å²) in [6.07, 6.45) is 0. The van der Waals surface area contributed by atoms with Crippen LogP contribution in [0.25, 0.3) is 0 Å². The quantitative estimate of drug-likeness (QED) is 0.904. The second-order valence-electron chi connectivity index (χ2n) is 4.08. The number of hydrogen-bond acceptors (Lipinski definition) is 3. The Morgan fingerprint density at radius 1 is 1.33 bits per heavy atom. The number of nitrogens with one attached hydrogen (secondary N) is 1. The minimum absolute atomic E-state index is 0.163. The third-order valence-electron chi connectivity index (χ3n) is 2.48. The van der Waals surface area contributed by atoms with Crippen LogP contribution in [0.2, 0.25) is 5.02 Å². The summed E-state index contributed by atoms with van der Waals surface area (Å²) in [7, 11) is 0. The van der Waals surface area contributed by atoms with Gasteiger partial charge in [-0.3, -0.25) is 4.79 Å². The standard InChI is InChI=1S/C13H13ClN2OS/c1-7-4-5-11(10(14)6-7)16-13(17)12-8(2)15-9(3)18-12/h4-6H,1-3H3,(H,16,17). The van der Waals surface area contributed by atoms with Gasteiger partial charge >= 0.3 is 0 Å². The molecule has 5 heteroatoms. The van der Waals surface area contributed by atoms with Gasteiger partial charge in [0.1, 0.15) is 4.88 Å². The number of thiazole rings is 1. The van der Waals surface area contributed by atoms with Crippen molar-refractivity contribution >= 4 is 34.5 Å². The Morgan fingerprint density at radius 2 is 2.06 bits per heavy atom. The lowest BCUT2D eigenvalue weighted by Crippen LogP contribution is -2.11. The molecule has 0 aliphatic rings. The zero-order valence-corrected chi connectivity index (χ0v) is 11.9. The van der Waals surface area contributed by atoms with Gasteiger partial charge < -0.3 is 5.32 Å². The van der Waals surface area contributed by atoms with Crippen LogP contribution in [0.3, 0.4) is 0 Å². The molecule has 1 amide bonds. The molecule has 18 heavy (non-hydrogen) atoms. The van der Waals surface area contributed by atoms with Crippen LogP contribution in [-0.4, -0.2) is 10.9 Å². The molecule has 1 heterocycles. The maximum absolute atomic E-state index is 12.1. The average Bonchev–Trinajstić information content (AvgIpc) is 2.62. The van der Waals surface area contributed by atoms with Crippen molar-refractivity contribution in [3.63, 3.8) is 0 Å². The van der Waals surface area contributed by atoms with Crippen molar-refractivity contribution in [2.45, 2.75) is 20.8 Å². The number of carbonyl (C=O) groups excluding carboxylic acids is 1. The van der Waals surface area contributed by atoms with Gasteiger partial charge in [0, 0.05) is 0 Å². The van der Waals surface area contributed by atoms with E-state index in [4.69, 9.17) is 11.6 Å². The maximum atomic E-state index is 12.1. The van der Waals surface area contributed by atoms with Crippen molar-refractivity contribution in [3.05, 3.63) is 44.4 Å². The van der Waals surface area contributed by atoms with E-state index in [9.17, 15) is 4.79 Å². The molecule has 0 fully saturated rings. The second kappa shape index (κ2) is 5.08. The maximum Gasteiger partial charge on any atom is 0.267 e. The van der Waals surface area contributed by atoms with E-state index in [1.54, 1.807) is 6.07 Å². The highest BCUT2D eigenvalue weighted by molar-refractivity contribution is 7.13. The van der Waals surface area contributed by atoms with Crippen molar-refractivity contribution in [1.29, 1.82) is 0 Å². The Labute approximate surface area is 115 Å². The number of aromatic nitrogens is 1. The average molecular weight is 281 g/mol. The molecule has 0 bridgehead atoms. The van der Waals surface area contributed by atoms with Gasteiger partial charge in [-0.15, -0.1) is 11.3 Å². The Hall–Kier alpha value is -1.39. The van der Waals surface area contributed by atoms with Crippen LogP contribution in [0.5, 0.6) is 0 Å². The summed E-state index contributed by atoms with van der Waals surface area (Å²) in [5.41, 5.74) is 2.43. The van der Waals surface area contributed by atoms with E-state index in [2.05, 4.69) is 10.3 Å². The van der Waals surface area contributed by atoms with Crippen LogP contribution >= 0.6 is 22.9 Å². The van der Waals surface area contributed by atoms with E-state index in [1.165, 1.54) is 11.3 Å². The number of amides is 1. The smallest absolute Gasteiger partial charge is 0.267 e. The van der Waals surface area contributed by atoms with Crippen LogP contribution in [-0.2, 0) is 0 Å². The van der Waals surface area contributed by atoms with Crippen molar-refractivity contribution in [2.24, 2.45) is 0 Å². The lowest BCUT2D eigenvalue weighted by Gasteiger charge is -2.06. The molecule has 0 unspecified atom stereocenters. The van der Waals surface area contributed by atoms with Gasteiger partial charge in [-0.05, 0) is 38.5 Å². The first-order chi connectivity index (χ1) is 8.47. The fourth-order valence-electron chi connectivity index (χ4n) is 1.64. The summed E-state index contributed by atoms with van der Waals surface area (Å²) in [6.45, 7) is 5.66. The zero-order chi connectivity index (χ0) is 13.3. The van der Waals surface area contributed by atoms with Crippen LogP contribution in [0, 0.1) is 20.8 Å². The molecule has 0 spiro atoms. The van der Waals surface area contributed by atoms with E-state index in [1.807, 2.05) is 32.9 Å². The van der Waals surface area contributed by atoms with Crippen LogP contribution in [0.1, 0.15) is 25.9 Å². The van der Waals surface area contributed by atoms with E-state index in [0.717, 1.165) is 16.3 Å². The number of anilines is 1. The Balaban J connectivity index is 2.24. The predicted molar refractivity (Wildman–Crippen MR) is 75.7 cm³/mol. The molecule has 1 aromatic heterocycles. The van der Waals surface area contributed by atoms with E-state index >= 15 is 0 Å². The van der Waals surface area contributed by atoms with Gasteiger partial charge in [0.15, 0.2) is 0 Å². The molecule has 94 valence electrons. The third kappa shape index (κ3) is 2.71. The van der Waals surface area contributed by atoms with Gasteiger partial charge in [-0.2, -0.15) is 0 Å². The fourth-order valence-corrected chi connectivity index (χ4v) is 2.74. The summed E-state index contributed by atoms with van der Waals surface area (Å²) < 4.78 is 0. The number of aryl methyl sites for hydroxylation is 3. The number of benzene rings is 1. The first-order valence-corrected chi connectivity index (χ1v) is 6.68. The molecule has 0 saturated heterocycles. The Morgan fingerprint density at radius 3 is 2.61 bits per heavy atom. The molecule has 2 rings (SSSR count).